The van der Waals surface area contributed by atoms with Gasteiger partial charge in [0.2, 0.25) is 0 Å². The summed E-state index contributed by atoms with van der Waals surface area (Å²) in [6.45, 7) is 6.10. The average Bonchev–Trinajstić information content (AvgIpc) is 2.73. The Balaban J connectivity index is 2.60. The summed E-state index contributed by atoms with van der Waals surface area (Å²) < 4.78 is 0. The van der Waals surface area contributed by atoms with Crippen molar-refractivity contribution in [1.29, 1.82) is 0 Å². The van der Waals surface area contributed by atoms with Gasteiger partial charge in [-0.25, -0.2) is 9.59 Å². The number of thioether (sulfide) groups is 1. The van der Waals surface area contributed by atoms with E-state index in [2.05, 4.69) is 5.32 Å². The van der Waals surface area contributed by atoms with Crippen LogP contribution >= 0.6 is 11.8 Å². The molecule has 2 amide bonds. The van der Waals surface area contributed by atoms with Crippen LogP contribution in [-0.4, -0.2) is 45.7 Å². The number of hydrogen-bond acceptors (Lipinski definition) is 3. The van der Waals surface area contributed by atoms with Gasteiger partial charge in [-0.05, 0) is 12.3 Å². The molecule has 1 aliphatic heterocycles. The number of rotatable bonds is 4. The fourth-order valence-electron chi connectivity index (χ4n) is 1.83. The Bertz CT molecular complexity index is 296. The van der Waals surface area contributed by atoms with Crippen LogP contribution in [0.1, 0.15) is 27.2 Å². The first-order valence-electron chi connectivity index (χ1n) is 5.85. The van der Waals surface area contributed by atoms with Gasteiger partial charge in [0, 0.05) is 11.8 Å². The Kier molecular flexibility index (Phi) is 5.11. The van der Waals surface area contributed by atoms with Gasteiger partial charge < -0.3 is 15.3 Å². The second-order valence-corrected chi connectivity index (χ2v) is 5.53. The average molecular weight is 260 g/mol. The monoisotopic (exact) mass is 260 g/mol. The first kappa shape index (κ1) is 14.2. The van der Waals surface area contributed by atoms with E-state index >= 15 is 0 Å². The topological polar surface area (TPSA) is 69.6 Å². The van der Waals surface area contributed by atoms with Gasteiger partial charge in [0.05, 0.1) is 5.88 Å². The van der Waals surface area contributed by atoms with Crippen LogP contribution in [0.5, 0.6) is 0 Å². The van der Waals surface area contributed by atoms with Crippen molar-refractivity contribution in [2.45, 2.75) is 39.3 Å². The van der Waals surface area contributed by atoms with Crippen molar-refractivity contribution in [3.05, 3.63) is 0 Å². The first-order valence-corrected chi connectivity index (χ1v) is 7.00. The lowest BCUT2D eigenvalue weighted by atomic mass is 10.0. The number of nitrogens with zero attached hydrogens (tertiary/aromatic N) is 1. The SMILES string of the molecule is CCC(NC(=O)N1CSCC1C(=O)O)C(C)C. The molecule has 1 heterocycles. The van der Waals surface area contributed by atoms with E-state index in [1.807, 2.05) is 20.8 Å². The van der Waals surface area contributed by atoms with Gasteiger partial charge in [0.25, 0.3) is 0 Å². The largest absolute Gasteiger partial charge is 0.480 e. The summed E-state index contributed by atoms with van der Waals surface area (Å²) in [4.78, 5) is 24.3. The van der Waals surface area contributed by atoms with Crippen molar-refractivity contribution >= 4 is 23.8 Å². The molecule has 1 saturated heterocycles. The summed E-state index contributed by atoms with van der Waals surface area (Å²) >= 11 is 1.47. The number of amides is 2. The molecule has 98 valence electrons. The minimum atomic E-state index is -0.928. The normalized spacial score (nSPS) is 21.6. The van der Waals surface area contributed by atoms with Crippen LogP contribution in [0.2, 0.25) is 0 Å². The smallest absolute Gasteiger partial charge is 0.327 e. The Morgan fingerprint density at radius 1 is 1.53 bits per heavy atom. The molecule has 0 saturated carbocycles. The summed E-state index contributed by atoms with van der Waals surface area (Å²) in [5.41, 5.74) is 0. The van der Waals surface area contributed by atoms with E-state index in [4.69, 9.17) is 5.11 Å². The zero-order valence-corrected chi connectivity index (χ0v) is 11.3. The summed E-state index contributed by atoms with van der Waals surface area (Å²) in [5, 5.41) is 11.9. The predicted octanol–water partition coefficient (Wildman–Crippen LogP) is 1.59. The van der Waals surface area contributed by atoms with E-state index in [0.717, 1.165) is 6.42 Å². The second-order valence-electron chi connectivity index (χ2n) is 4.53. The summed E-state index contributed by atoms with van der Waals surface area (Å²) in [6, 6.07) is -0.852. The second kappa shape index (κ2) is 6.14. The molecule has 1 aliphatic rings. The van der Waals surface area contributed by atoms with E-state index in [-0.39, 0.29) is 12.1 Å². The van der Waals surface area contributed by atoms with Gasteiger partial charge in [-0.3, -0.25) is 0 Å². The Labute approximate surface area is 106 Å². The lowest BCUT2D eigenvalue weighted by Gasteiger charge is -2.26. The van der Waals surface area contributed by atoms with Gasteiger partial charge in [0.1, 0.15) is 6.04 Å². The number of carboxylic acid groups (broad SMARTS) is 1. The third kappa shape index (κ3) is 3.52. The Morgan fingerprint density at radius 3 is 2.65 bits per heavy atom. The van der Waals surface area contributed by atoms with Crippen LogP contribution in [0.15, 0.2) is 0 Å². The molecule has 0 aromatic carbocycles. The highest BCUT2D eigenvalue weighted by atomic mass is 32.2. The Hall–Kier alpha value is -0.910. The highest BCUT2D eigenvalue weighted by Gasteiger charge is 2.35. The maximum absolute atomic E-state index is 12.0. The fraction of sp³-hybridized carbons (Fsp3) is 0.818. The molecule has 2 unspecified atom stereocenters. The van der Waals surface area contributed by atoms with Crippen molar-refractivity contribution in [2.24, 2.45) is 5.92 Å². The summed E-state index contributed by atoms with van der Waals surface area (Å²) in [7, 11) is 0. The molecule has 0 spiro atoms. The van der Waals surface area contributed by atoms with Crippen LogP contribution in [0, 0.1) is 5.92 Å². The van der Waals surface area contributed by atoms with Crippen molar-refractivity contribution in [1.82, 2.24) is 10.2 Å². The highest BCUT2D eigenvalue weighted by Crippen LogP contribution is 2.21. The fourth-order valence-corrected chi connectivity index (χ4v) is 2.97. The predicted molar refractivity (Wildman–Crippen MR) is 68.0 cm³/mol. The highest BCUT2D eigenvalue weighted by molar-refractivity contribution is 7.99. The van der Waals surface area contributed by atoms with Gasteiger partial charge in [-0.15, -0.1) is 11.8 Å². The molecule has 5 nitrogen and oxygen atoms in total. The number of aliphatic carboxylic acids is 1. The van der Waals surface area contributed by atoms with Crippen molar-refractivity contribution in [2.75, 3.05) is 11.6 Å². The molecule has 1 rings (SSSR count). The molecule has 2 atom stereocenters. The third-order valence-corrected chi connectivity index (χ3v) is 3.99. The van der Waals surface area contributed by atoms with Crippen molar-refractivity contribution in [3.63, 3.8) is 0 Å². The molecule has 0 radical (unpaired) electrons. The molecule has 0 bridgehead atoms. The molecule has 0 aromatic heterocycles. The lowest BCUT2D eigenvalue weighted by molar-refractivity contribution is -0.140. The molecule has 0 aromatic rings. The minimum Gasteiger partial charge on any atom is -0.480 e. The van der Waals surface area contributed by atoms with E-state index < -0.39 is 12.0 Å². The number of urea groups is 1. The summed E-state index contributed by atoms with van der Waals surface area (Å²) in [5.74, 6) is 0.351. The minimum absolute atomic E-state index is 0.0996. The van der Waals surface area contributed by atoms with Crippen LogP contribution in [0.4, 0.5) is 4.79 Å². The third-order valence-electron chi connectivity index (χ3n) is 2.98. The van der Waals surface area contributed by atoms with Crippen LogP contribution in [0.25, 0.3) is 0 Å². The van der Waals surface area contributed by atoms with E-state index in [0.29, 0.717) is 17.5 Å². The number of carbonyl (C=O) groups excluding carboxylic acids is 1. The van der Waals surface area contributed by atoms with E-state index in [9.17, 15) is 9.59 Å². The van der Waals surface area contributed by atoms with E-state index in [1.54, 1.807) is 0 Å². The van der Waals surface area contributed by atoms with Gasteiger partial charge >= 0.3 is 12.0 Å². The molecule has 2 N–H and O–H groups in total. The number of nitrogens with one attached hydrogen (secondary N) is 1. The van der Waals surface area contributed by atoms with Crippen LogP contribution in [-0.2, 0) is 4.79 Å². The van der Waals surface area contributed by atoms with Gasteiger partial charge in [-0.2, -0.15) is 0 Å². The Morgan fingerprint density at radius 2 is 2.18 bits per heavy atom. The standard InChI is InChI=1S/C11H20N2O3S/c1-4-8(7(2)3)12-11(16)13-6-17-5-9(13)10(14)15/h7-9H,4-6H2,1-3H3,(H,12,16)(H,14,15). The quantitative estimate of drug-likeness (QED) is 0.805. The van der Waals surface area contributed by atoms with Crippen molar-refractivity contribution in [3.8, 4) is 0 Å². The molecular weight excluding hydrogens is 240 g/mol. The van der Waals surface area contributed by atoms with E-state index in [1.165, 1.54) is 16.7 Å². The van der Waals surface area contributed by atoms with Crippen LogP contribution in [0.3, 0.4) is 0 Å². The summed E-state index contributed by atoms with van der Waals surface area (Å²) in [6.07, 6.45) is 0.849. The maximum Gasteiger partial charge on any atom is 0.327 e. The van der Waals surface area contributed by atoms with Crippen molar-refractivity contribution < 1.29 is 14.7 Å². The van der Waals surface area contributed by atoms with Gasteiger partial charge in [-0.1, -0.05) is 20.8 Å². The maximum atomic E-state index is 12.0. The first-order chi connectivity index (χ1) is 7.97. The number of hydrogen-bond donors (Lipinski definition) is 2. The lowest BCUT2D eigenvalue weighted by Crippen LogP contribution is -2.50. The molecular formula is C11H20N2O3S. The van der Waals surface area contributed by atoms with Gasteiger partial charge in [0.15, 0.2) is 0 Å². The molecule has 1 fully saturated rings. The number of carboxylic acids is 1. The number of carbonyl (C=O) groups is 2. The molecule has 6 heteroatoms. The molecule has 17 heavy (non-hydrogen) atoms. The van der Waals surface area contributed by atoms with Crippen LogP contribution < -0.4 is 5.32 Å². The molecule has 0 aliphatic carbocycles. The zero-order chi connectivity index (χ0) is 13.0. The zero-order valence-electron chi connectivity index (χ0n) is 10.5.